The van der Waals surface area contributed by atoms with E-state index >= 15 is 0 Å². The number of piperidine rings is 1. The minimum Gasteiger partial charge on any atom is -0.497 e. The highest BCUT2D eigenvalue weighted by Gasteiger charge is 2.34. The quantitative estimate of drug-likeness (QED) is 0.703. The summed E-state index contributed by atoms with van der Waals surface area (Å²) in [6.45, 7) is 0.637. The number of carbonyl (C=O) groups excluding carboxylic acids is 1. The summed E-state index contributed by atoms with van der Waals surface area (Å²) in [5.41, 5.74) is 0. The van der Waals surface area contributed by atoms with E-state index in [-0.39, 0.29) is 22.3 Å². The molecule has 0 unspecified atom stereocenters. The highest BCUT2D eigenvalue weighted by molar-refractivity contribution is 7.89. The molecule has 8 heteroatoms. The molecule has 2 aromatic rings. The fraction of sp³-hybridized carbons (Fsp3) is 0.389. The molecule has 0 aliphatic carbocycles. The van der Waals surface area contributed by atoms with Crippen molar-refractivity contribution in [3.63, 3.8) is 0 Å². The standard InChI is InChI=1S/C18H21NO5S2/c1-23-14-5-6-17(15(12-14)24-2)26(21,22)19-9-7-13(8-10-19)18(20)16-4-3-11-25-16/h3-6,11-13H,7-10H2,1-2H3. The van der Waals surface area contributed by atoms with Gasteiger partial charge in [-0.2, -0.15) is 4.31 Å². The molecule has 1 aliphatic rings. The van der Waals surface area contributed by atoms with E-state index in [2.05, 4.69) is 0 Å². The average Bonchev–Trinajstić information content (AvgIpc) is 3.21. The van der Waals surface area contributed by atoms with Crippen molar-refractivity contribution >= 4 is 27.1 Å². The van der Waals surface area contributed by atoms with E-state index < -0.39 is 10.0 Å². The first-order valence-corrected chi connectivity index (χ1v) is 10.6. The molecule has 0 atom stereocenters. The maximum atomic E-state index is 13.0. The number of carbonyl (C=O) groups is 1. The molecule has 0 amide bonds. The van der Waals surface area contributed by atoms with Crippen LogP contribution in [-0.2, 0) is 10.0 Å². The second kappa shape index (κ2) is 7.77. The number of methoxy groups -OCH3 is 2. The van der Waals surface area contributed by atoms with E-state index in [0.717, 1.165) is 4.88 Å². The number of thiophene rings is 1. The Morgan fingerprint density at radius 1 is 1.15 bits per heavy atom. The molecule has 2 heterocycles. The monoisotopic (exact) mass is 395 g/mol. The largest absolute Gasteiger partial charge is 0.497 e. The minimum absolute atomic E-state index is 0.110. The summed E-state index contributed by atoms with van der Waals surface area (Å²) in [7, 11) is -0.746. The van der Waals surface area contributed by atoms with Crippen molar-refractivity contribution in [3.8, 4) is 11.5 Å². The SMILES string of the molecule is COc1ccc(S(=O)(=O)N2CCC(C(=O)c3cccs3)CC2)c(OC)c1. The third kappa shape index (κ3) is 3.62. The molecule has 1 fully saturated rings. The van der Waals surface area contributed by atoms with Gasteiger partial charge in [0, 0.05) is 25.1 Å². The Hall–Kier alpha value is -1.90. The van der Waals surface area contributed by atoms with E-state index in [4.69, 9.17) is 9.47 Å². The smallest absolute Gasteiger partial charge is 0.246 e. The summed E-state index contributed by atoms with van der Waals surface area (Å²) in [5, 5.41) is 1.88. The predicted molar refractivity (Wildman–Crippen MR) is 99.7 cm³/mol. The highest BCUT2D eigenvalue weighted by atomic mass is 32.2. The number of rotatable bonds is 6. The molecule has 140 valence electrons. The Labute approximate surface area is 157 Å². The fourth-order valence-corrected chi connectivity index (χ4v) is 5.46. The van der Waals surface area contributed by atoms with Crippen LogP contribution in [0.2, 0.25) is 0 Å². The second-order valence-electron chi connectivity index (χ2n) is 6.04. The van der Waals surface area contributed by atoms with Crippen LogP contribution in [0.3, 0.4) is 0 Å². The summed E-state index contributed by atoms with van der Waals surface area (Å²) < 4.78 is 37.8. The summed E-state index contributed by atoms with van der Waals surface area (Å²) >= 11 is 1.43. The lowest BCUT2D eigenvalue weighted by atomic mass is 9.93. The first-order chi connectivity index (χ1) is 12.5. The molecule has 6 nitrogen and oxygen atoms in total. The van der Waals surface area contributed by atoms with Crippen LogP contribution in [0, 0.1) is 5.92 Å². The lowest BCUT2D eigenvalue weighted by Gasteiger charge is -2.30. The van der Waals surface area contributed by atoms with Gasteiger partial charge in [0.2, 0.25) is 10.0 Å². The minimum atomic E-state index is -3.69. The summed E-state index contributed by atoms with van der Waals surface area (Å²) in [4.78, 5) is 13.3. The van der Waals surface area contributed by atoms with Gasteiger partial charge in [-0.25, -0.2) is 8.42 Å². The molecule has 0 saturated carbocycles. The van der Waals surface area contributed by atoms with Gasteiger partial charge in [0.15, 0.2) is 5.78 Å². The van der Waals surface area contributed by atoms with Crippen LogP contribution in [0.5, 0.6) is 11.5 Å². The second-order valence-corrected chi connectivity index (χ2v) is 8.89. The Morgan fingerprint density at radius 2 is 1.88 bits per heavy atom. The van der Waals surface area contributed by atoms with Gasteiger partial charge in [-0.15, -0.1) is 11.3 Å². The van der Waals surface area contributed by atoms with Crippen LogP contribution in [0.1, 0.15) is 22.5 Å². The van der Waals surface area contributed by atoms with Crippen LogP contribution >= 0.6 is 11.3 Å². The van der Waals surface area contributed by atoms with Crippen LogP contribution in [0.25, 0.3) is 0 Å². The molecule has 0 radical (unpaired) electrons. The molecule has 1 aromatic heterocycles. The molecule has 0 bridgehead atoms. The summed E-state index contributed by atoms with van der Waals surface area (Å²) in [6, 6.07) is 8.32. The maximum Gasteiger partial charge on any atom is 0.246 e. The van der Waals surface area contributed by atoms with Gasteiger partial charge in [0.05, 0.1) is 19.1 Å². The zero-order chi connectivity index (χ0) is 18.7. The van der Waals surface area contributed by atoms with Crippen molar-refractivity contribution in [2.75, 3.05) is 27.3 Å². The van der Waals surface area contributed by atoms with Crippen molar-refractivity contribution in [1.82, 2.24) is 4.31 Å². The van der Waals surface area contributed by atoms with Crippen LogP contribution in [0.4, 0.5) is 0 Å². The van der Waals surface area contributed by atoms with Gasteiger partial charge in [-0.05, 0) is 36.4 Å². The van der Waals surface area contributed by atoms with Crippen molar-refractivity contribution in [1.29, 1.82) is 0 Å². The van der Waals surface area contributed by atoms with Crippen molar-refractivity contribution in [2.24, 2.45) is 5.92 Å². The van der Waals surface area contributed by atoms with E-state index in [1.54, 1.807) is 12.1 Å². The highest BCUT2D eigenvalue weighted by Crippen LogP contribution is 2.33. The third-order valence-corrected chi connectivity index (χ3v) is 7.40. The number of hydrogen-bond donors (Lipinski definition) is 0. The number of benzene rings is 1. The Balaban J connectivity index is 1.75. The van der Waals surface area contributed by atoms with E-state index in [9.17, 15) is 13.2 Å². The lowest BCUT2D eigenvalue weighted by Crippen LogP contribution is -2.40. The molecule has 1 aromatic carbocycles. The number of nitrogens with zero attached hydrogens (tertiary/aromatic N) is 1. The topological polar surface area (TPSA) is 72.9 Å². The van der Waals surface area contributed by atoms with Gasteiger partial charge >= 0.3 is 0 Å². The lowest BCUT2D eigenvalue weighted by molar-refractivity contribution is 0.0879. The van der Waals surface area contributed by atoms with Gasteiger partial charge in [-0.1, -0.05) is 6.07 Å². The molecular formula is C18H21NO5S2. The first-order valence-electron chi connectivity index (χ1n) is 8.27. The Bertz CT molecular complexity index is 869. The number of ether oxygens (including phenoxy) is 2. The van der Waals surface area contributed by atoms with Crippen LogP contribution in [-0.4, -0.2) is 45.8 Å². The normalized spacial score (nSPS) is 16.4. The molecule has 0 N–H and O–H groups in total. The first kappa shape index (κ1) is 18.9. The fourth-order valence-electron chi connectivity index (χ4n) is 3.11. The zero-order valence-corrected chi connectivity index (χ0v) is 16.3. The van der Waals surface area contributed by atoms with E-state index in [0.29, 0.717) is 31.7 Å². The predicted octanol–water partition coefficient (Wildman–Crippen LogP) is 3.05. The van der Waals surface area contributed by atoms with Gasteiger partial charge < -0.3 is 9.47 Å². The van der Waals surface area contributed by atoms with E-state index in [1.807, 2.05) is 17.5 Å². The summed E-state index contributed by atoms with van der Waals surface area (Å²) in [6.07, 6.45) is 1.04. The summed E-state index contributed by atoms with van der Waals surface area (Å²) in [5.74, 6) is 0.763. The van der Waals surface area contributed by atoms with Gasteiger partial charge in [0.25, 0.3) is 0 Å². The third-order valence-electron chi connectivity index (χ3n) is 4.58. The van der Waals surface area contributed by atoms with E-state index in [1.165, 1.54) is 35.9 Å². The molecule has 1 aliphatic heterocycles. The van der Waals surface area contributed by atoms with Crippen LogP contribution in [0.15, 0.2) is 40.6 Å². The van der Waals surface area contributed by atoms with Gasteiger partial charge in [0.1, 0.15) is 16.4 Å². The van der Waals surface area contributed by atoms with Crippen LogP contribution < -0.4 is 9.47 Å². The van der Waals surface area contributed by atoms with Gasteiger partial charge in [-0.3, -0.25) is 4.79 Å². The number of ketones is 1. The molecule has 0 spiro atoms. The molecule has 3 rings (SSSR count). The number of sulfonamides is 1. The molecule has 1 saturated heterocycles. The number of hydrogen-bond acceptors (Lipinski definition) is 6. The molecular weight excluding hydrogens is 374 g/mol. The van der Waals surface area contributed by atoms with Crippen molar-refractivity contribution in [2.45, 2.75) is 17.7 Å². The number of Topliss-reactive ketones (excluding diaryl/α,β-unsaturated/α-hetero) is 1. The zero-order valence-electron chi connectivity index (χ0n) is 14.7. The Morgan fingerprint density at radius 3 is 2.46 bits per heavy atom. The van der Waals surface area contributed by atoms with Crippen molar-refractivity contribution in [3.05, 3.63) is 40.6 Å². The molecule has 26 heavy (non-hydrogen) atoms. The average molecular weight is 396 g/mol. The maximum absolute atomic E-state index is 13.0. The Kier molecular flexibility index (Phi) is 5.64. The van der Waals surface area contributed by atoms with Crippen molar-refractivity contribution < 1.29 is 22.7 Å².